The molecule has 1 unspecified atom stereocenters. The normalized spacial score (nSPS) is 16.7. The van der Waals surface area contributed by atoms with E-state index in [1.54, 1.807) is 36.5 Å². The van der Waals surface area contributed by atoms with E-state index >= 15 is 0 Å². The summed E-state index contributed by atoms with van der Waals surface area (Å²) < 4.78 is 0. The minimum atomic E-state index is -1.09. The maximum Gasteiger partial charge on any atom is 0.256 e. The lowest BCUT2D eigenvalue weighted by atomic mass is 10.0. The first kappa shape index (κ1) is 16.5. The van der Waals surface area contributed by atoms with Gasteiger partial charge in [-0.2, -0.15) is 0 Å². The molecular formula is C19H23N3O2. The number of amides is 1. The lowest BCUT2D eigenvalue weighted by molar-refractivity contribution is -0.141. The van der Waals surface area contributed by atoms with Crippen molar-refractivity contribution in [2.24, 2.45) is 0 Å². The molecule has 0 bridgehead atoms. The molecular weight excluding hydrogens is 302 g/mol. The van der Waals surface area contributed by atoms with Gasteiger partial charge in [-0.1, -0.05) is 30.3 Å². The van der Waals surface area contributed by atoms with Crippen LogP contribution in [-0.2, 0) is 4.79 Å². The van der Waals surface area contributed by atoms with Gasteiger partial charge in [-0.15, -0.1) is 0 Å². The summed E-state index contributed by atoms with van der Waals surface area (Å²) in [6.45, 7) is 1.79. The monoisotopic (exact) mass is 325 g/mol. The summed E-state index contributed by atoms with van der Waals surface area (Å²) in [6.07, 6.45) is 4.30. The Labute approximate surface area is 142 Å². The molecule has 0 spiro atoms. The van der Waals surface area contributed by atoms with Gasteiger partial charge in [0.05, 0.1) is 0 Å². The number of pyridine rings is 1. The Kier molecular flexibility index (Phi) is 5.11. The third kappa shape index (κ3) is 3.57. The van der Waals surface area contributed by atoms with Crippen LogP contribution in [0.25, 0.3) is 0 Å². The van der Waals surface area contributed by atoms with Crippen molar-refractivity contribution in [1.29, 1.82) is 0 Å². The van der Waals surface area contributed by atoms with Gasteiger partial charge in [0.1, 0.15) is 0 Å². The number of hydrogen-bond donors (Lipinski definition) is 1. The van der Waals surface area contributed by atoms with Gasteiger partial charge in [0.15, 0.2) is 6.10 Å². The Bertz CT molecular complexity index is 655. The fourth-order valence-corrected chi connectivity index (χ4v) is 3.22. The Morgan fingerprint density at radius 2 is 1.79 bits per heavy atom. The zero-order valence-corrected chi connectivity index (χ0v) is 13.9. The van der Waals surface area contributed by atoms with E-state index in [-0.39, 0.29) is 11.9 Å². The molecule has 5 heteroatoms. The van der Waals surface area contributed by atoms with Crippen LogP contribution in [0.4, 0.5) is 5.69 Å². The van der Waals surface area contributed by atoms with Crippen LogP contribution in [0.5, 0.6) is 0 Å². The third-order valence-electron chi connectivity index (χ3n) is 4.74. The van der Waals surface area contributed by atoms with Crippen LogP contribution in [0.3, 0.4) is 0 Å². The summed E-state index contributed by atoms with van der Waals surface area (Å²) in [6, 6.07) is 13.3. The molecule has 5 nitrogen and oxygen atoms in total. The molecule has 1 N–H and O–H groups in total. The molecule has 2 heterocycles. The number of anilines is 1. The standard InChI is InChI=1S/C19H23N3O2/c1-21(19(24)18(23)15-5-3-2-4-6-15)16-9-13-22(14-10-16)17-7-11-20-12-8-17/h2-8,11-12,16,18,23H,9-10,13-14H2,1H3. The molecule has 1 aromatic carbocycles. The van der Waals surface area contributed by atoms with Crippen molar-refractivity contribution in [3.8, 4) is 0 Å². The highest BCUT2D eigenvalue weighted by Crippen LogP contribution is 2.23. The first-order chi connectivity index (χ1) is 11.7. The smallest absolute Gasteiger partial charge is 0.256 e. The van der Waals surface area contributed by atoms with Crippen LogP contribution < -0.4 is 4.90 Å². The second-order valence-corrected chi connectivity index (χ2v) is 6.19. The molecule has 3 rings (SSSR count). The second-order valence-electron chi connectivity index (χ2n) is 6.19. The van der Waals surface area contributed by atoms with Gasteiger partial charge in [-0.05, 0) is 30.5 Å². The highest BCUT2D eigenvalue weighted by atomic mass is 16.3. The number of rotatable bonds is 4. The molecule has 0 radical (unpaired) electrons. The Hall–Kier alpha value is -2.40. The molecule has 1 aromatic heterocycles. The van der Waals surface area contributed by atoms with Gasteiger partial charge >= 0.3 is 0 Å². The topological polar surface area (TPSA) is 56.7 Å². The van der Waals surface area contributed by atoms with E-state index in [0.717, 1.165) is 25.9 Å². The van der Waals surface area contributed by atoms with Crippen molar-refractivity contribution in [2.75, 3.05) is 25.0 Å². The van der Waals surface area contributed by atoms with Crippen molar-refractivity contribution in [3.63, 3.8) is 0 Å². The lowest BCUT2D eigenvalue weighted by Crippen LogP contribution is -2.47. The quantitative estimate of drug-likeness (QED) is 0.937. The number of piperidine rings is 1. The highest BCUT2D eigenvalue weighted by molar-refractivity contribution is 5.82. The highest BCUT2D eigenvalue weighted by Gasteiger charge is 2.29. The van der Waals surface area contributed by atoms with E-state index in [1.165, 1.54) is 5.69 Å². The van der Waals surface area contributed by atoms with Crippen molar-refractivity contribution in [2.45, 2.75) is 25.0 Å². The van der Waals surface area contributed by atoms with E-state index in [1.807, 2.05) is 30.3 Å². The maximum absolute atomic E-state index is 12.5. The first-order valence-electron chi connectivity index (χ1n) is 8.31. The summed E-state index contributed by atoms with van der Waals surface area (Å²) in [5, 5.41) is 10.3. The fraction of sp³-hybridized carbons (Fsp3) is 0.368. The number of benzene rings is 1. The van der Waals surface area contributed by atoms with Crippen LogP contribution in [-0.4, -0.2) is 47.1 Å². The summed E-state index contributed by atoms with van der Waals surface area (Å²) in [5.41, 5.74) is 1.81. The predicted molar refractivity (Wildman–Crippen MR) is 93.6 cm³/mol. The van der Waals surface area contributed by atoms with E-state index in [0.29, 0.717) is 5.56 Å². The molecule has 126 valence electrons. The van der Waals surface area contributed by atoms with Crippen LogP contribution in [0, 0.1) is 0 Å². The minimum Gasteiger partial charge on any atom is -0.378 e. The number of nitrogens with zero attached hydrogens (tertiary/aromatic N) is 3. The summed E-state index contributed by atoms with van der Waals surface area (Å²) in [5.74, 6) is -0.233. The SMILES string of the molecule is CN(C(=O)C(O)c1ccccc1)C1CCN(c2ccncc2)CC1. The molecule has 2 aromatic rings. The van der Waals surface area contributed by atoms with E-state index < -0.39 is 6.10 Å². The maximum atomic E-state index is 12.5. The van der Waals surface area contributed by atoms with Crippen LogP contribution in [0.15, 0.2) is 54.9 Å². The zero-order chi connectivity index (χ0) is 16.9. The molecule has 24 heavy (non-hydrogen) atoms. The number of aromatic nitrogens is 1. The summed E-state index contributed by atoms with van der Waals surface area (Å²) in [4.78, 5) is 20.6. The number of aliphatic hydroxyl groups excluding tert-OH is 1. The number of carbonyl (C=O) groups excluding carboxylic acids is 1. The Balaban J connectivity index is 1.58. The van der Waals surface area contributed by atoms with Crippen molar-refractivity contribution in [1.82, 2.24) is 9.88 Å². The number of carbonyl (C=O) groups is 1. The molecule has 0 aliphatic carbocycles. The molecule has 1 aliphatic rings. The van der Waals surface area contributed by atoms with Gasteiger partial charge in [-0.25, -0.2) is 0 Å². The van der Waals surface area contributed by atoms with Crippen LogP contribution in [0.2, 0.25) is 0 Å². The number of likely N-dealkylation sites (N-methyl/N-ethyl adjacent to an activating group) is 1. The Morgan fingerprint density at radius 1 is 1.17 bits per heavy atom. The lowest BCUT2D eigenvalue weighted by Gasteiger charge is -2.38. The summed E-state index contributed by atoms with van der Waals surface area (Å²) in [7, 11) is 1.79. The molecule has 1 amide bonds. The first-order valence-corrected chi connectivity index (χ1v) is 8.31. The molecule has 1 aliphatic heterocycles. The van der Waals surface area contributed by atoms with Crippen molar-refractivity contribution < 1.29 is 9.90 Å². The third-order valence-corrected chi connectivity index (χ3v) is 4.74. The van der Waals surface area contributed by atoms with E-state index in [9.17, 15) is 9.90 Å². The minimum absolute atomic E-state index is 0.161. The van der Waals surface area contributed by atoms with E-state index in [4.69, 9.17) is 0 Å². The van der Waals surface area contributed by atoms with E-state index in [2.05, 4.69) is 9.88 Å². The van der Waals surface area contributed by atoms with Crippen molar-refractivity contribution in [3.05, 3.63) is 60.4 Å². The van der Waals surface area contributed by atoms with Gasteiger partial charge in [-0.3, -0.25) is 9.78 Å². The van der Waals surface area contributed by atoms with Gasteiger partial charge in [0.2, 0.25) is 0 Å². The van der Waals surface area contributed by atoms with Gasteiger partial charge in [0.25, 0.3) is 5.91 Å². The second kappa shape index (κ2) is 7.45. The number of hydrogen-bond acceptors (Lipinski definition) is 4. The average Bonchev–Trinajstić information content (AvgIpc) is 2.68. The van der Waals surface area contributed by atoms with Crippen LogP contribution in [0.1, 0.15) is 24.5 Å². The molecule has 1 atom stereocenters. The van der Waals surface area contributed by atoms with Crippen LogP contribution >= 0.6 is 0 Å². The Morgan fingerprint density at radius 3 is 2.42 bits per heavy atom. The largest absolute Gasteiger partial charge is 0.378 e. The molecule has 0 saturated carbocycles. The van der Waals surface area contributed by atoms with Gasteiger partial charge < -0.3 is 14.9 Å². The zero-order valence-electron chi connectivity index (χ0n) is 13.9. The fourth-order valence-electron chi connectivity index (χ4n) is 3.22. The summed E-state index contributed by atoms with van der Waals surface area (Å²) >= 11 is 0. The molecule has 1 fully saturated rings. The average molecular weight is 325 g/mol. The van der Waals surface area contributed by atoms with Crippen molar-refractivity contribution >= 4 is 11.6 Å². The number of aliphatic hydroxyl groups is 1. The predicted octanol–water partition coefficient (Wildman–Crippen LogP) is 2.24. The van der Waals surface area contributed by atoms with Gasteiger partial charge in [0, 0.05) is 44.3 Å². The molecule has 1 saturated heterocycles.